The molecule has 1 aromatic heterocycles. The van der Waals surface area contributed by atoms with Crippen molar-refractivity contribution in [1.82, 2.24) is 4.98 Å². The summed E-state index contributed by atoms with van der Waals surface area (Å²) in [6.07, 6.45) is 1.43. The van der Waals surface area contributed by atoms with Crippen molar-refractivity contribution in [3.05, 3.63) is 12.3 Å². The van der Waals surface area contributed by atoms with E-state index < -0.39 is 0 Å². The van der Waals surface area contributed by atoms with Crippen LogP contribution in [0.1, 0.15) is 13.3 Å². The predicted molar refractivity (Wildman–Crippen MR) is 69.0 cm³/mol. The van der Waals surface area contributed by atoms with E-state index in [1.165, 1.54) is 14.0 Å². The molecule has 6 heteroatoms. The number of carbonyl (C=O) groups excluding carboxylic acids is 2. The van der Waals surface area contributed by atoms with Crippen LogP contribution in [0.3, 0.4) is 0 Å². The van der Waals surface area contributed by atoms with Crippen molar-refractivity contribution in [3.8, 4) is 5.88 Å². The molecule has 0 spiro atoms. The van der Waals surface area contributed by atoms with E-state index in [1.54, 1.807) is 12.3 Å². The maximum Gasteiger partial charge on any atom is 0.239 e. The molecular formula is C12H17N3O3. The number of hydrogen-bond acceptors (Lipinski definition) is 5. The Bertz CT molecular complexity index is 458. The number of carbonyl (C=O) groups is 2. The zero-order valence-electron chi connectivity index (χ0n) is 11.0. The minimum atomic E-state index is -0.378. The summed E-state index contributed by atoms with van der Waals surface area (Å²) in [5, 5.41) is 2.65. The van der Waals surface area contributed by atoms with Gasteiger partial charge >= 0.3 is 0 Å². The first kappa shape index (κ1) is 14.0. The van der Waals surface area contributed by atoms with Gasteiger partial charge in [-0.2, -0.15) is 0 Å². The van der Waals surface area contributed by atoms with Crippen molar-refractivity contribution in [2.75, 3.05) is 31.4 Å². The molecule has 1 aromatic rings. The summed E-state index contributed by atoms with van der Waals surface area (Å²) in [7, 11) is 5.16. The molecule has 0 aromatic carbocycles. The molecule has 0 saturated heterocycles. The molecule has 0 bridgehead atoms. The van der Waals surface area contributed by atoms with Crippen LogP contribution in [0.5, 0.6) is 5.88 Å². The lowest BCUT2D eigenvalue weighted by molar-refractivity contribution is -0.124. The second-order valence-electron chi connectivity index (χ2n) is 4.04. The number of ether oxygens (including phenoxy) is 1. The van der Waals surface area contributed by atoms with Crippen molar-refractivity contribution in [2.24, 2.45) is 0 Å². The molecule has 0 aliphatic rings. The van der Waals surface area contributed by atoms with E-state index in [0.29, 0.717) is 11.6 Å². The summed E-state index contributed by atoms with van der Waals surface area (Å²) in [6.45, 7) is 1.37. The van der Waals surface area contributed by atoms with Crippen molar-refractivity contribution < 1.29 is 14.3 Å². The van der Waals surface area contributed by atoms with Crippen molar-refractivity contribution in [3.63, 3.8) is 0 Å². The van der Waals surface area contributed by atoms with E-state index in [0.717, 1.165) is 5.69 Å². The Morgan fingerprint density at radius 3 is 2.61 bits per heavy atom. The summed E-state index contributed by atoms with van der Waals surface area (Å²) in [5.74, 6) is -0.253. The normalized spacial score (nSPS) is 9.78. The van der Waals surface area contributed by atoms with Gasteiger partial charge in [0.25, 0.3) is 0 Å². The Morgan fingerprint density at radius 2 is 2.11 bits per heavy atom. The van der Waals surface area contributed by atoms with Gasteiger partial charge in [0.05, 0.1) is 19.2 Å². The number of methoxy groups -OCH3 is 1. The predicted octanol–water partition coefficient (Wildman–Crippen LogP) is 1.07. The number of rotatable bonds is 5. The van der Waals surface area contributed by atoms with Gasteiger partial charge < -0.3 is 15.0 Å². The fourth-order valence-corrected chi connectivity index (χ4v) is 1.49. The van der Waals surface area contributed by atoms with Crippen LogP contribution < -0.4 is 15.0 Å². The maximum absolute atomic E-state index is 11.6. The summed E-state index contributed by atoms with van der Waals surface area (Å²) in [5.41, 5.74) is 1.23. The minimum absolute atomic E-state index is 0.162. The second kappa shape index (κ2) is 6.00. The molecule has 98 valence electrons. The van der Waals surface area contributed by atoms with E-state index in [4.69, 9.17) is 4.74 Å². The maximum atomic E-state index is 11.6. The summed E-state index contributed by atoms with van der Waals surface area (Å²) < 4.78 is 5.10. The van der Waals surface area contributed by atoms with Gasteiger partial charge in [-0.25, -0.2) is 4.98 Å². The molecule has 1 N–H and O–H groups in total. The smallest absolute Gasteiger partial charge is 0.239 e. The van der Waals surface area contributed by atoms with Gasteiger partial charge in [-0.15, -0.1) is 0 Å². The SMILES string of the molecule is COc1nccc(N(C)C)c1NC(=O)CC(C)=O. The van der Waals surface area contributed by atoms with E-state index in [2.05, 4.69) is 10.3 Å². The third-order valence-electron chi connectivity index (χ3n) is 2.24. The zero-order valence-corrected chi connectivity index (χ0v) is 11.0. The Morgan fingerprint density at radius 1 is 1.44 bits per heavy atom. The van der Waals surface area contributed by atoms with Gasteiger partial charge in [-0.3, -0.25) is 9.59 Å². The fraction of sp³-hybridized carbons (Fsp3) is 0.417. The molecule has 18 heavy (non-hydrogen) atoms. The average Bonchev–Trinajstić information content (AvgIpc) is 2.27. The zero-order chi connectivity index (χ0) is 13.7. The Labute approximate surface area is 106 Å². The van der Waals surface area contributed by atoms with E-state index in [9.17, 15) is 9.59 Å². The number of nitrogens with zero attached hydrogens (tertiary/aromatic N) is 2. The summed E-state index contributed by atoms with van der Waals surface area (Å²) >= 11 is 0. The fourth-order valence-electron chi connectivity index (χ4n) is 1.49. The lowest BCUT2D eigenvalue weighted by Crippen LogP contribution is -2.19. The Kier molecular flexibility index (Phi) is 4.65. The minimum Gasteiger partial charge on any atom is -0.479 e. The first-order chi connectivity index (χ1) is 8.45. The Balaban J connectivity index is 3.04. The molecule has 1 rings (SSSR count). The van der Waals surface area contributed by atoms with Crippen molar-refractivity contribution >= 4 is 23.1 Å². The summed E-state index contributed by atoms with van der Waals surface area (Å²) in [4.78, 5) is 28.4. The van der Waals surface area contributed by atoms with E-state index in [-0.39, 0.29) is 18.1 Å². The van der Waals surface area contributed by atoms with Crippen LogP contribution in [0.2, 0.25) is 0 Å². The van der Waals surface area contributed by atoms with Gasteiger partial charge in [-0.1, -0.05) is 0 Å². The highest BCUT2D eigenvalue weighted by atomic mass is 16.5. The number of amides is 1. The van der Waals surface area contributed by atoms with Crippen LogP contribution >= 0.6 is 0 Å². The number of ketones is 1. The molecule has 0 unspecified atom stereocenters. The molecule has 0 fully saturated rings. The highest BCUT2D eigenvalue weighted by molar-refractivity contribution is 6.05. The quantitative estimate of drug-likeness (QED) is 0.793. The van der Waals surface area contributed by atoms with Crippen LogP contribution in [0.4, 0.5) is 11.4 Å². The highest BCUT2D eigenvalue weighted by Crippen LogP contribution is 2.31. The largest absolute Gasteiger partial charge is 0.479 e. The monoisotopic (exact) mass is 251 g/mol. The average molecular weight is 251 g/mol. The van der Waals surface area contributed by atoms with Crippen molar-refractivity contribution in [2.45, 2.75) is 13.3 Å². The van der Waals surface area contributed by atoms with E-state index in [1.807, 2.05) is 19.0 Å². The molecule has 0 atom stereocenters. The molecule has 1 amide bonds. The molecule has 1 heterocycles. The highest BCUT2D eigenvalue weighted by Gasteiger charge is 2.15. The third kappa shape index (κ3) is 3.44. The van der Waals surface area contributed by atoms with Crippen molar-refractivity contribution in [1.29, 1.82) is 0 Å². The first-order valence-corrected chi connectivity index (χ1v) is 5.45. The molecule has 0 saturated carbocycles. The number of pyridine rings is 1. The molecule has 6 nitrogen and oxygen atoms in total. The third-order valence-corrected chi connectivity index (χ3v) is 2.24. The lowest BCUT2D eigenvalue weighted by atomic mass is 10.2. The standard InChI is InChI=1S/C12H17N3O3/c1-8(16)7-10(17)14-11-9(15(2)3)5-6-13-12(11)18-4/h5-6H,7H2,1-4H3,(H,14,17). The van der Waals surface area contributed by atoms with Gasteiger partial charge in [0.15, 0.2) is 0 Å². The Hall–Kier alpha value is -2.11. The van der Waals surface area contributed by atoms with Gasteiger partial charge in [0, 0.05) is 20.3 Å². The number of hydrogen-bond donors (Lipinski definition) is 1. The summed E-state index contributed by atoms with van der Waals surface area (Å²) in [6, 6.07) is 1.76. The van der Waals surface area contributed by atoms with Crippen LogP contribution in [0.15, 0.2) is 12.3 Å². The number of nitrogens with one attached hydrogen (secondary N) is 1. The van der Waals surface area contributed by atoms with Gasteiger partial charge in [-0.05, 0) is 13.0 Å². The number of Topliss-reactive ketones (excluding diaryl/α,β-unsaturated/α-hetero) is 1. The molecule has 0 aliphatic heterocycles. The topological polar surface area (TPSA) is 71.5 Å². The van der Waals surface area contributed by atoms with Crippen LogP contribution in [-0.4, -0.2) is 37.9 Å². The molecule has 0 aliphatic carbocycles. The van der Waals surface area contributed by atoms with Crippen LogP contribution in [0.25, 0.3) is 0 Å². The van der Waals surface area contributed by atoms with Crippen LogP contribution in [-0.2, 0) is 9.59 Å². The number of anilines is 2. The van der Waals surface area contributed by atoms with E-state index >= 15 is 0 Å². The number of aromatic nitrogens is 1. The first-order valence-electron chi connectivity index (χ1n) is 5.45. The molecular weight excluding hydrogens is 234 g/mol. The van der Waals surface area contributed by atoms with Crippen LogP contribution in [0, 0.1) is 0 Å². The van der Waals surface area contributed by atoms with Gasteiger partial charge in [0.2, 0.25) is 11.8 Å². The van der Waals surface area contributed by atoms with Gasteiger partial charge in [0.1, 0.15) is 11.5 Å². The second-order valence-corrected chi connectivity index (χ2v) is 4.04. The molecule has 0 radical (unpaired) electrons. The lowest BCUT2D eigenvalue weighted by Gasteiger charge is -2.19.